The number of ether oxygens (including phenoxy) is 1. The van der Waals surface area contributed by atoms with Crippen molar-refractivity contribution in [3.63, 3.8) is 0 Å². The van der Waals surface area contributed by atoms with Crippen molar-refractivity contribution in [1.82, 2.24) is 0 Å². The molecule has 4 nitrogen and oxygen atoms in total. The van der Waals surface area contributed by atoms with Crippen LogP contribution in [0.4, 0.5) is 0 Å². The van der Waals surface area contributed by atoms with E-state index < -0.39 is 5.97 Å². The van der Waals surface area contributed by atoms with Gasteiger partial charge in [-0.1, -0.05) is 6.08 Å². The Bertz CT molecular complexity index is 387. The van der Waals surface area contributed by atoms with Gasteiger partial charge in [-0.3, -0.25) is 4.79 Å². The summed E-state index contributed by atoms with van der Waals surface area (Å²) in [5.41, 5.74) is 0. The first-order valence-corrected chi connectivity index (χ1v) is 4.63. The summed E-state index contributed by atoms with van der Waals surface area (Å²) < 4.78 is 9.76. The van der Waals surface area contributed by atoms with Gasteiger partial charge < -0.3 is 9.15 Å². The van der Waals surface area contributed by atoms with Crippen LogP contribution in [0.25, 0.3) is 0 Å². The average Bonchev–Trinajstić information content (AvgIpc) is 2.67. The molecule has 0 saturated carbocycles. The molecule has 1 aromatic rings. The van der Waals surface area contributed by atoms with Crippen molar-refractivity contribution in [2.24, 2.45) is 0 Å². The fourth-order valence-corrected chi connectivity index (χ4v) is 1.02. The molecule has 0 saturated heterocycles. The number of ketones is 1. The van der Waals surface area contributed by atoms with Crippen LogP contribution >= 0.6 is 0 Å². The second-order valence-corrected chi connectivity index (χ2v) is 2.75. The predicted octanol–water partition coefficient (Wildman–Crippen LogP) is 2.22. The predicted molar refractivity (Wildman–Crippen MR) is 53.8 cm³/mol. The zero-order valence-electron chi connectivity index (χ0n) is 8.65. The topological polar surface area (TPSA) is 56.5 Å². The third-order valence-electron chi connectivity index (χ3n) is 1.64. The third-order valence-corrected chi connectivity index (χ3v) is 1.64. The van der Waals surface area contributed by atoms with E-state index in [2.05, 4.69) is 0 Å². The first kappa shape index (κ1) is 11.2. The van der Waals surface area contributed by atoms with Gasteiger partial charge in [-0.15, -0.1) is 0 Å². The highest BCUT2D eigenvalue weighted by Gasteiger charge is 2.14. The van der Waals surface area contributed by atoms with Gasteiger partial charge in [-0.25, -0.2) is 4.79 Å². The van der Waals surface area contributed by atoms with Crippen LogP contribution in [0.3, 0.4) is 0 Å². The number of carbonyl (C=O) groups excluding carboxylic acids is 2. The van der Waals surface area contributed by atoms with E-state index in [1.807, 2.05) is 0 Å². The second-order valence-electron chi connectivity index (χ2n) is 2.75. The fraction of sp³-hybridized carbons (Fsp3) is 0.273. The summed E-state index contributed by atoms with van der Waals surface area (Å²) in [5.74, 6) is -0.647. The summed E-state index contributed by atoms with van der Waals surface area (Å²) in [5, 5.41) is 0. The smallest absolute Gasteiger partial charge is 0.374 e. The van der Waals surface area contributed by atoms with Crippen molar-refractivity contribution in [3.05, 3.63) is 35.8 Å². The summed E-state index contributed by atoms with van der Waals surface area (Å²) in [6.07, 6.45) is 2.97. The molecule has 80 valence electrons. The molecular formula is C11H12O4. The molecule has 4 heteroatoms. The van der Waals surface area contributed by atoms with Crippen LogP contribution in [0.2, 0.25) is 0 Å². The highest BCUT2D eigenvalue weighted by atomic mass is 16.5. The van der Waals surface area contributed by atoms with Crippen LogP contribution in [-0.4, -0.2) is 18.4 Å². The van der Waals surface area contributed by atoms with Crippen molar-refractivity contribution in [2.75, 3.05) is 6.61 Å². The Balaban J connectivity index is 2.80. The number of allylic oxidation sites excluding steroid dienone is 2. The second kappa shape index (κ2) is 5.14. The number of hydrogen-bond donors (Lipinski definition) is 0. The Hall–Kier alpha value is -1.84. The first-order chi connectivity index (χ1) is 7.19. The molecule has 0 fully saturated rings. The van der Waals surface area contributed by atoms with E-state index in [1.165, 1.54) is 18.2 Å². The molecule has 0 aliphatic rings. The molecule has 0 unspecified atom stereocenters. The standard InChI is InChI=1S/C11H12O4/c1-3-5-8(12)9-6-7-10(15-9)11(13)14-4-2/h3,5-7H,4H2,1-2H3. The van der Waals surface area contributed by atoms with E-state index in [0.29, 0.717) is 0 Å². The maximum Gasteiger partial charge on any atom is 0.374 e. The van der Waals surface area contributed by atoms with E-state index in [-0.39, 0.29) is 23.9 Å². The van der Waals surface area contributed by atoms with Gasteiger partial charge in [0.25, 0.3) is 0 Å². The van der Waals surface area contributed by atoms with Gasteiger partial charge in [0, 0.05) is 0 Å². The van der Waals surface area contributed by atoms with Gasteiger partial charge in [0.15, 0.2) is 5.76 Å². The van der Waals surface area contributed by atoms with Crippen LogP contribution in [0.5, 0.6) is 0 Å². The zero-order chi connectivity index (χ0) is 11.3. The van der Waals surface area contributed by atoms with Gasteiger partial charge in [-0.05, 0) is 32.1 Å². The molecule has 1 aromatic heterocycles. The van der Waals surface area contributed by atoms with Gasteiger partial charge in [0.2, 0.25) is 11.5 Å². The van der Waals surface area contributed by atoms with E-state index in [9.17, 15) is 9.59 Å². The lowest BCUT2D eigenvalue weighted by atomic mass is 10.3. The molecule has 0 aromatic carbocycles. The van der Waals surface area contributed by atoms with Gasteiger partial charge >= 0.3 is 5.97 Å². The Kier molecular flexibility index (Phi) is 3.85. The van der Waals surface area contributed by atoms with Crippen LogP contribution in [0, 0.1) is 0 Å². The molecule has 0 atom stereocenters. The Labute approximate surface area is 87.5 Å². The van der Waals surface area contributed by atoms with Crippen LogP contribution in [-0.2, 0) is 4.74 Å². The van der Waals surface area contributed by atoms with E-state index in [1.54, 1.807) is 19.9 Å². The molecule has 0 radical (unpaired) electrons. The Morgan fingerprint density at radius 2 is 2.07 bits per heavy atom. The Morgan fingerprint density at radius 1 is 1.40 bits per heavy atom. The van der Waals surface area contributed by atoms with Crippen molar-refractivity contribution >= 4 is 11.8 Å². The van der Waals surface area contributed by atoms with Crippen molar-refractivity contribution in [1.29, 1.82) is 0 Å². The SMILES string of the molecule is CC=CC(=O)c1ccc(C(=O)OCC)o1. The summed E-state index contributed by atoms with van der Waals surface area (Å²) >= 11 is 0. The first-order valence-electron chi connectivity index (χ1n) is 4.63. The zero-order valence-corrected chi connectivity index (χ0v) is 8.65. The third kappa shape index (κ3) is 2.80. The van der Waals surface area contributed by atoms with Crippen LogP contribution in [0.15, 0.2) is 28.7 Å². The highest BCUT2D eigenvalue weighted by molar-refractivity contribution is 6.03. The lowest BCUT2D eigenvalue weighted by Crippen LogP contribution is -2.02. The van der Waals surface area contributed by atoms with Crippen molar-refractivity contribution < 1.29 is 18.7 Å². The normalized spacial score (nSPS) is 10.5. The molecule has 0 amide bonds. The molecule has 0 N–H and O–H groups in total. The molecule has 0 aliphatic heterocycles. The minimum absolute atomic E-state index is 0.0460. The quantitative estimate of drug-likeness (QED) is 0.432. The maximum absolute atomic E-state index is 11.3. The average molecular weight is 208 g/mol. The number of rotatable bonds is 4. The molecule has 1 rings (SSSR count). The Morgan fingerprint density at radius 3 is 2.67 bits per heavy atom. The fourth-order valence-electron chi connectivity index (χ4n) is 1.02. The van der Waals surface area contributed by atoms with Gasteiger partial charge in [0.05, 0.1) is 6.61 Å². The maximum atomic E-state index is 11.3. The number of esters is 1. The molecule has 0 spiro atoms. The molecule has 0 bridgehead atoms. The molecule has 15 heavy (non-hydrogen) atoms. The van der Waals surface area contributed by atoms with Crippen molar-refractivity contribution in [3.8, 4) is 0 Å². The number of furan rings is 1. The van der Waals surface area contributed by atoms with E-state index in [0.717, 1.165) is 0 Å². The minimum atomic E-state index is -0.558. The van der Waals surface area contributed by atoms with Crippen LogP contribution in [0.1, 0.15) is 35.0 Å². The summed E-state index contributed by atoms with van der Waals surface area (Å²) in [6, 6.07) is 2.88. The summed E-state index contributed by atoms with van der Waals surface area (Å²) in [7, 11) is 0. The molecular weight excluding hydrogens is 196 g/mol. The molecule has 0 aliphatic carbocycles. The van der Waals surface area contributed by atoms with Crippen LogP contribution < -0.4 is 0 Å². The number of hydrogen-bond acceptors (Lipinski definition) is 4. The lowest BCUT2D eigenvalue weighted by molar-refractivity contribution is 0.0488. The number of carbonyl (C=O) groups is 2. The minimum Gasteiger partial charge on any atom is -0.460 e. The largest absolute Gasteiger partial charge is 0.460 e. The van der Waals surface area contributed by atoms with E-state index >= 15 is 0 Å². The highest BCUT2D eigenvalue weighted by Crippen LogP contribution is 2.10. The molecule has 1 heterocycles. The van der Waals surface area contributed by atoms with Crippen molar-refractivity contribution in [2.45, 2.75) is 13.8 Å². The monoisotopic (exact) mass is 208 g/mol. The van der Waals surface area contributed by atoms with E-state index in [4.69, 9.17) is 9.15 Å². The van der Waals surface area contributed by atoms with Gasteiger partial charge in [-0.2, -0.15) is 0 Å². The summed E-state index contributed by atoms with van der Waals surface area (Å²) in [4.78, 5) is 22.5. The van der Waals surface area contributed by atoms with Gasteiger partial charge in [0.1, 0.15) is 0 Å². The lowest BCUT2D eigenvalue weighted by Gasteiger charge is -1.96. The summed E-state index contributed by atoms with van der Waals surface area (Å²) in [6.45, 7) is 3.71.